The summed E-state index contributed by atoms with van der Waals surface area (Å²) < 4.78 is 5.59. The lowest BCUT2D eigenvalue weighted by Gasteiger charge is -2.15. The average Bonchev–Trinajstić information content (AvgIpc) is 2.51. The monoisotopic (exact) mass is 353 g/mol. The third-order valence-corrected chi connectivity index (χ3v) is 3.56. The predicted octanol–water partition coefficient (Wildman–Crippen LogP) is 3.31. The van der Waals surface area contributed by atoms with E-state index < -0.39 is 0 Å². The summed E-state index contributed by atoms with van der Waals surface area (Å²) in [5, 5.41) is 2.91. The molecule has 0 unspecified atom stereocenters. The number of nitrogens with two attached hydrogens (primary N) is 1. The molecule has 0 spiro atoms. The van der Waals surface area contributed by atoms with Gasteiger partial charge in [-0.1, -0.05) is 53.5 Å². The van der Waals surface area contributed by atoms with Crippen LogP contribution < -0.4 is 11.1 Å². The minimum absolute atomic E-state index is 0.00984. The van der Waals surface area contributed by atoms with E-state index in [0.29, 0.717) is 13.2 Å². The molecule has 7 heteroatoms. The zero-order valence-electron chi connectivity index (χ0n) is 12.6. The molecule has 122 valence electrons. The number of ether oxygens (including phenoxy) is 1. The minimum Gasteiger partial charge on any atom is -0.396 e. The van der Waals surface area contributed by atoms with E-state index in [-0.39, 0.29) is 33.5 Å². The van der Waals surface area contributed by atoms with Gasteiger partial charge in [0, 0.05) is 6.04 Å². The van der Waals surface area contributed by atoms with E-state index in [1.165, 1.54) is 6.07 Å². The van der Waals surface area contributed by atoms with Gasteiger partial charge in [-0.25, -0.2) is 4.98 Å². The van der Waals surface area contributed by atoms with Gasteiger partial charge in [0.15, 0.2) is 5.15 Å². The van der Waals surface area contributed by atoms with Crippen LogP contribution in [0.25, 0.3) is 0 Å². The van der Waals surface area contributed by atoms with Gasteiger partial charge in [0.1, 0.15) is 5.15 Å². The van der Waals surface area contributed by atoms with Crippen molar-refractivity contribution in [3.05, 3.63) is 57.8 Å². The van der Waals surface area contributed by atoms with Crippen LogP contribution in [0.2, 0.25) is 10.3 Å². The quantitative estimate of drug-likeness (QED) is 0.781. The van der Waals surface area contributed by atoms with E-state index >= 15 is 0 Å². The number of nitrogens with zero attached hydrogens (tertiary/aromatic N) is 1. The molecule has 0 aliphatic rings. The van der Waals surface area contributed by atoms with Crippen molar-refractivity contribution in [2.45, 2.75) is 19.6 Å². The Balaban J connectivity index is 1.87. The summed E-state index contributed by atoms with van der Waals surface area (Å²) in [6.07, 6.45) is 0. The maximum absolute atomic E-state index is 12.2. The Hall–Kier alpha value is -1.82. The highest BCUT2D eigenvalue weighted by Crippen LogP contribution is 2.24. The Morgan fingerprint density at radius 3 is 2.74 bits per heavy atom. The third kappa shape index (κ3) is 5.10. The molecule has 1 aromatic heterocycles. The standard InChI is InChI=1S/C16H17Cl2N3O2/c1-10(8-23-9-11-5-3-2-4-6-11)20-16(22)12-7-13(17)21-15(18)14(12)19/h2-7,10H,8-9,19H2,1H3,(H,20,22)/t10-/m0/s1. The molecule has 1 amide bonds. The van der Waals surface area contributed by atoms with Crippen molar-refractivity contribution in [2.24, 2.45) is 0 Å². The molecule has 0 saturated heterocycles. The summed E-state index contributed by atoms with van der Waals surface area (Å²) in [5.41, 5.74) is 7.13. The molecular weight excluding hydrogens is 337 g/mol. The van der Waals surface area contributed by atoms with E-state index in [0.717, 1.165) is 5.56 Å². The molecule has 2 aromatic rings. The second kappa shape index (κ2) is 8.15. The molecule has 1 aromatic carbocycles. The van der Waals surface area contributed by atoms with Gasteiger partial charge in [-0.15, -0.1) is 0 Å². The van der Waals surface area contributed by atoms with Crippen molar-refractivity contribution >= 4 is 34.8 Å². The van der Waals surface area contributed by atoms with Crippen molar-refractivity contribution in [1.29, 1.82) is 0 Å². The maximum Gasteiger partial charge on any atom is 0.253 e. The van der Waals surface area contributed by atoms with Gasteiger partial charge in [-0.2, -0.15) is 0 Å². The van der Waals surface area contributed by atoms with Crippen LogP contribution >= 0.6 is 23.2 Å². The van der Waals surface area contributed by atoms with Crippen molar-refractivity contribution in [3.63, 3.8) is 0 Å². The van der Waals surface area contributed by atoms with Crippen LogP contribution in [-0.4, -0.2) is 23.5 Å². The molecule has 0 aliphatic carbocycles. The van der Waals surface area contributed by atoms with Crippen LogP contribution in [0, 0.1) is 0 Å². The summed E-state index contributed by atoms with van der Waals surface area (Å²) >= 11 is 11.6. The van der Waals surface area contributed by atoms with E-state index in [9.17, 15) is 4.79 Å². The zero-order valence-corrected chi connectivity index (χ0v) is 14.1. The number of amides is 1. The van der Waals surface area contributed by atoms with Crippen molar-refractivity contribution in [2.75, 3.05) is 12.3 Å². The molecule has 0 radical (unpaired) electrons. The number of aromatic nitrogens is 1. The summed E-state index contributed by atoms with van der Waals surface area (Å²) in [6, 6.07) is 11.0. The number of hydrogen-bond donors (Lipinski definition) is 2. The van der Waals surface area contributed by atoms with Gasteiger partial charge in [-0.05, 0) is 18.6 Å². The van der Waals surface area contributed by atoms with Gasteiger partial charge in [0.2, 0.25) is 0 Å². The molecular formula is C16H17Cl2N3O2. The molecule has 2 rings (SSSR count). The molecule has 23 heavy (non-hydrogen) atoms. The first-order chi connectivity index (χ1) is 11.0. The van der Waals surface area contributed by atoms with Crippen LogP contribution in [0.3, 0.4) is 0 Å². The van der Waals surface area contributed by atoms with Gasteiger partial charge in [0.25, 0.3) is 5.91 Å². The average molecular weight is 354 g/mol. The van der Waals surface area contributed by atoms with Crippen LogP contribution in [0.5, 0.6) is 0 Å². The summed E-state index contributed by atoms with van der Waals surface area (Å²) in [6.45, 7) is 2.69. The van der Waals surface area contributed by atoms with Gasteiger partial charge in [-0.3, -0.25) is 4.79 Å². The highest BCUT2D eigenvalue weighted by Gasteiger charge is 2.16. The van der Waals surface area contributed by atoms with Crippen LogP contribution in [-0.2, 0) is 11.3 Å². The smallest absolute Gasteiger partial charge is 0.253 e. The third-order valence-electron chi connectivity index (χ3n) is 3.08. The largest absolute Gasteiger partial charge is 0.396 e. The van der Waals surface area contributed by atoms with Gasteiger partial charge >= 0.3 is 0 Å². The molecule has 0 bridgehead atoms. The Kier molecular flexibility index (Phi) is 6.21. The number of rotatable bonds is 6. The highest BCUT2D eigenvalue weighted by atomic mass is 35.5. The molecule has 1 heterocycles. The Bertz CT molecular complexity index is 681. The molecule has 0 fully saturated rings. The topological polar surface area (TPSA) is 77.2 Å². The lowest BCUT2D eigenvalue weighted by atomic mass is 10.2. The Morgan fingerprint density at radius 1 is 1.35 bits per heavy atom. The summed E-state index contributed by atoms with van der Waals surface area (Å²) in [5.74, 6) is -0.371. The fourth-order valence-electron chi connectivity index (χ4n) is 1.95. The van der Waals surface area contributed by atoms with Crippen LogP contribution in [0.4, 0.5) is 5.69 Å². The molecule has 5 nitrogen and oxygen atoms in total. The van der Waals surface area contributed by atoms with E-state index in [2.05, 4.69) is 10.3 Å². The normalized spacial score (nSPS) is 12.0. The number of halogens is 2. The van der Waals surface area contributed by atoms with Crippen molar-refractivity contribution in [3.8, 4) is 0 Å². The van der Waals surface area contributed by atoms with Gasteiger partial charge < -0.3 is 15.8 Å². The minimum atomic E-state index is -0.371. The van der Waals surface area contributed by atoms with Crippen molar-refractivity contribution < 1.29 is 9.53 Å². The first-order valence-corrected chi connectivity index (χ1v) is 7.77. The maximum atomic E-state index is 12.2. The number of carbonyl (C=O) groups excluding carboxylic acids is 1. The number of carbonyl (C=O) groups is 1. The highest BCUT2D eigenvalue weighted by molar-refractivity contribution is 6.35. The summed E-state index contributed by atoms with van der Waals surface area (Å²) in [7, 11) is 0. The number of benzene rings is 1. The molecule has 3 N–H and O–H groups in total. The van der Waals surface area contributed by atoms with Crippen molar-refractivity contribution in [1.82, 2.24) is 10.3 Å². The molecule has 0 aliphatic heterocycles. The second-order valence-corrected chi connectivity index (χ2v) is 5.82. The van der Waals surface area contributed by atoms with E-state index in [1.54, 1.807) is 0 Å². The van der Waals surface area contributed by atoms with Crippen LogP contribution in [0.15, 0.2) is 36.4 Å². The first kappa shape index (κ1) is 17.5. The lowest BCUT2D eigenvalue weighted by Crippen LogP contribution is -2.36. The zero-order chi connectivity index (χ0) is 16.8. The summed E-state index contributed by atoms with van der Waals surface area (Å²) in [4.78, 5) is 16.0. The predicted molar refractivity (Wildman–Crippen MR) is 91.7 cm³/mol. The molecule has 0 saturated carbocycles. The fourth-order valence-corrected chi connectivity index (χ4v) is 2.38. The second-order valence-electron chi connectivity index (χ2n) is 5.07. The Labute approximate surface area is 144 Å². The number of pyridine rings is 1. The molecule has 1 atom stereocenters. The first-order valence-electron chi connectivity index (χ1n) is 7.01. The number of nitrogens with one attached hydrogen (secondary N) is 1. The number of nitrogen functional groups attached to an aromatic ring is 1. The fraction of sp³-hybridized carbons (Fsp3) is 0.250. The number of hydrogen-bond acceptors (Lipinski definition) is 4. The van der Waals surface area contributed by atoms with Gasteiger partial charge in [0.05, 0.1) is 24.5 Å². The SMILES string of the molecule is C[C@@H](COCc1ccccc1)NC(=O)c1cc(Cl)nc(Cl)c1N. The van der Waals surface area contributed by atoms with Crippen LogP contribution in [0.1, 0.15) is 22.8 Å². The van der Waals surface area contributed by atoms with E-state index in [4.69, 9.17) is 33.7 Å². The van der Waals surface area contributed by atoms with E-state index in [1.807, 2.05) is 37.3 Å². The lowest BCUT2D eigenvalue weighted by molar-refractivity contribution is 0.0821. The Morgan fingerprint density at radius 2 is 2.04 bits per heavy atom. The number of anilines is 1.